The van der Waals surface area contributed by atoms with Crippen molar-refractivity contribution in [3.05, 3.63) is 28.5 Å². The van der Waals surface area contributed by atoms with Crippen LogP contribution in [0.5, 0.6) is 0 Å². The van der Waals surface area contributed by atoms with Gasteiger partial charge in [0.05, 0.1) is 5.60 Å². The van der Waals surface area contributed by atoms with E-state index in [2.05, 4.69) is 26.1 Å². The number of thiazole rings is 1. The molecule has 14 heteroatoms. The van der Waals surface area contributed by atoms with E-state index in [4.69, 9.17) is 0 Å². The topological polar surface area (TPSA) is 116 Å². The van der Waals surface area contributed by atoms with E-state index in [1.807, 2.05) is 6.92 Å². The summed E-state index contributed by atoms with van der Waals surface area (Å²) in [7, 11) is -0.641. The predicted molar refractivity (Wildman–Crippen MR) is 119 cm³/mol. The lowest BCUT2D eigenvalue weighted by molar-refractivity contribution is -0.328. The van der Waals surface area contributed by atoms with Crippen LogP contribution in [0, 0.1) is 12.1 Å². The highest BCUT2D eigenvalue weighted by atomic mass is 32.2. The number of H-pyrrole nitrogens is 1. The average Bonchev–Trinajstić information content (AvgIpc) is 3.15. The third-order valence-corrected chi connectivity index (χ3v) is 8.24. The van der Waals surface area contributed by atoms with Crippen molar-refractivity contribution in [3.63, 3.8) is 0 Å². The summed E-state index contributed by atoms with van der Waals surface area (Å²) >= 11 is 1.03. The summed E-state index contributed by atoms with van der Waals surface area (Å²) in [5, 5.41) is 10.1. The summed E-state index contributed by atoms with van der Waals surface area (Å²) < 4.78 is 68.2. The van der Waals surface area contributed by atoms with E-state index in [0.29, 0.717) is 11.3 Å². The van der Waals surface area contributed by atoms with Crippen LogP contribution in [0.2, 0.25) is 0 Å². The van der Waals surface area contributed by atoms with Gasteiger partial charge >= 0.3 is 11.8 Å². The smallest absolute Gasteiger partial charge is 0.390 e. The summed E-state index contributed by atoms with van der Waals surface area (Å²) in [6, 6.07) is -0.336. The van der Waals surface area contributed by atoms with E-state index < -0.39 is 27.6 Å². The van der Waals surface area contributed by atoms with Crippen LogP contribution in [0.1, 0.15) is 37.6 Å². The molecule has 0 unspecified atom stereocenters. The van der Waals surface area contributed by atoms with Gasteiger partial charge in [0, 0.05) is 50.6 Å². The van der Waals surface area contributed by atoms with Crippen LogP contribution in [0.3, 0.4) is 0 Å². The Bertz CT molecular complexity index is 1190. The zero-order valence-electron chi connectivity index (χ0n) is 19.5. The molecule has 1 saturated heterocycles. The van der Waals surface area contributed by atoms with E-state index >= 15 is 0 Å². The summed E-state index contributed by atoms with van der Waals surface area (Å²) in [4.78, 5) is 15.6. The van der Waals surface area contributed by atoms with Crippen molar-refractivity contribution < 1.29 is 31.7 Å². The molecule has 0 spiro atoms. The van der Waals surface area contributed by atoms with Crippen LogP contribution in [0.4, 0.5) is 13.2 Å². The van der Waals surface area contributed by atoms with Crippen molar-refractivity contribution in [2.75, 3.05) is 27.2 Å². The fourth-order valence-corrected chi connectivity index (χ4v) is 5.97. The van der Waals surface area contributed by atoms with E-state index in [1.54, 1.807) is 13.8 Å². The van der Waals surface area contributed by atoms with Crippen molar-refractivity contribution >= 4 is 21.5 Å². The third-order valence-electron chi connectivity index (χ3n) is 5.32. The van der Waals surface area contributed by atoms with Gasteiger partial charge in [0.2, 0.25) is 0 Å². The number of alkyl halides is 3. The first-order valence-corrected chi connectivity index (χ1v) is 12.8. The first-order valence-electron chi connectivity index (χ1n) is 10.6. The van der Waals surface area contributed by atoms with Crippen LogP contribution < -0.4 is 10.6 Å². The van der Waals surface area contributed by atoms with Gasteiger partial charge in [0.1, 0.15) is 6.04 Å². The van der Waals surface area contributed by atoms with Crippen LogP contribution >= 0.6 is 11.3 Å². The van der Waals surface area contributed by atoms with E-state index in [0.717, 1.165) is 15.6 Å². The van der Waals surface area contributed by atoms with Crippen molar-refractivity contribution in [3.8, 4) is 10.7 Å². The Morgan fingerprint density at radius 2 is 2.09 bits per heavy atom. The molecule has 3 rings (SSSR count). The molecule has 9 nitrogen and oxygen atoms in total. The van der Waals surface area contributed by atoms with Crippen LogP contribution in [0.15, 0.2) is 11.2 Å². The SMILES string of the molecule is C[C@@H]1CN(S(=O)(=O)N(C)C)CC[C@@H]1N=c1[n+]#cc(C(F)(F)F)c(-c2ncc(CC(C)(C)O)s2)[nH]1. The van der Waals surface area contributed by atoms with Gasteiger partial charge in [-0.15, -0.1) is 11.3 Å². The number of aliphatic hydroxyl groups is 1. The summed E-state index contributed by atoms with van der Waals surface area (Å²) in [5.74, 6) is -0.178. The Hall–Kier alpha value is -2.05. The number of piperidine rings is 1. The van der Waals surface area contributed by atoms with Gasteiger partial charge in [-0.1, -0.05) is 11.9 Å². The molecule has 0 bridgehead atoms. The Kier molecular flexibility index (Phi) is 7.45. The maximum atomic E-state index is 13.6. The van der Waals surface area contributed by atoms with Gasteiger partial charge < -0.3 is 5.11 Å². The minimum Gasteiger partial charge on any atom is -0.390 e. The molecule has 0 radical (unpaired) electrons. The lowest BCUT2D eigenvalue weighted by Gasteiger charge is -2.33. The molecule has 1 aliphatic rings. The highest BCUT2D eigenvalue weighted by Crippen LogP contribution is 2.35. The number of nitrogens with zero attached hydrogens (tertiary/aromatic N) is 5. The second-order valence-electron chi connectivity index (χ2n) is 9.15. The molecule has 0 saturated carbocycles. The second-order valence-corrected chi connectivity index (χ2v) is 12.4. The van der Waals surface area contributed by atoms with Crippen molar-refractivity contribution in [2.24, 2.45) is 10.9 Å². The summed E-state index contributed by atoms with van der Waals surface area (Å²) in [6.07, 6.45) is -0.579. The monoisotopic (exact) mass is 521 g/mol. The maximum Gasteiger partial charge on any atom is 0.489 e. The third kappa shape index (κ3) is 6.14. The first kappa shape index (κ1) is 26.6. The van der Waals surface area contributed by atoms with Crippen molar-refractivity contribution in [1.29, 1.82) is 0 Å². The molecule has 188 valence electrons. The average molecular weight is 522 g/mol. The molecule has 0 aliphatic carbocycles. The molecule has 2 N–H and O–H groups in total. The molecular weight excluding hydrogens is 493 g/mol. The summed E-state index contributed by atoms with van der Waals surface area (Å²) in [5.41, 5.74) is -2.46. The molecule has 1 aliphatic heterocycles. The summed E-state index contributed by atoms with van der Waals surface area (Å²) in [6.45, 7) is 5.52. The number of hydrogen-bond donors (Lipinski definition) is 2. The standard InChI is InChI=1S/C20H27F3N6O3S2/c1-12-11-29(34(31,32)28(4)5)7-6-15(12)26-18-25-10-14(20(21,22)23)16(27-18)17-24-9-13(33-17)8-19(2,3)30/h9,12,15,30H,6-8,11H2,1-5H3/p+1/t12-,15+/m1/s1. The fraction of sp³-hybridized carbons (Fsp3) is 0.650. The quantitative estimate of drug-likeness (QED) is 0.594. The predicted octanol–water partition coefficient (Wildman–Crippen LogP) is 1.29. The fourth-order valence-electron chi connectivity index (χ4n) is 3.61. The van der Waals surface area contributed by atoms with Crippen LogP contribution in [-0.2, 0) is 22.8 Å². The maximum absolute atomic E-state index is 13.6. The first-order chi connectivity index (χ1) is 15.6. The number of nitrogens with one attached hydrogen (secondary N) is 1. The zero-order chi connectivity index (χ0) is 25.5. The van der Waals surface area contributed by atoms with Crippen LogP contribution in [-0.4, -0.2) is 70.9 Å². The highest BCUT2D eigenvalue weighted by Gasteiger charge is 2.39. The molecule has 2 aromatic rings. The minimum atomic E-state index is -4.71. The number of hydrogen-bond acceptors (Lipinski definition) is 6. The Morgan fingerprint density at radius 3 is 2.65 bits per heavy atom. The van der Waals surface area contributed by atoms with Crippen LogP contribution in [0.25, 0.3) is 10.7 Å². The lowest BCUT2D eigenvalue weighted by atomic mass is 9.96. The van der Waals surface area contributed by atoms with Gasteiger partial charge in [0.25, 0.3) is 10.2 Å². The molecule has 3 heterocycles. The molecule has 1 fully saturated rings. The Labute approximate surface area is 200 Å². The molecular formula is C20H28F3N6O3S2+. The molecule has 2 atom stereocenters. The van der Waals surface area contributed by atoms with Gasteiger partial charge in [-0.3, -0.25) is 0 Å². The normalized spacial score (nSPS) is 21.2. The van der Waals surface area contributed by atoms with E-state index in [1.165, 1.54) is 24.6 Å². The van der Waals surface area contributed by atoms with E-state index in [-0.39, 0.29) is 47.8 Å². The van der Waals surface area contributed by atoms with E-state index in [9.17, 15) is 26.7 Å². The van der Waals surface area contributed by atoms with Gasteiger partial charge in [-0.05, 0) is 20.3 Å². The van der Waals surface area contributed by atoms with Gasteiger partial charge in [-0.25, -0.2) is 9.97 Å². The number of aromatic amines is 1. The number of rotatable bonds is 6. The van der Waals surface area contributed by atoms with Crippen molar-refractivity contribution in [1.82, 2.24) is 18.6 Å². The molecule has 2 aromatic heterocycles. The van der Waals surface area contributed by atoms with Gasteiger partial charge in [0.15, 0.2) is 22.5 Å². The molecule has 34 heavy (non-hydrogen) atoms. The number of aromatic nitrogens is 3. The molecule has 0 aromatic carbocycles. The zero-order valence-corrected chi connectivity index (χ0v) is 21.1. The Balaban J connectivity index is 1.94. The largest absolute Gasteiger partial charge is 0.489 e. The Morgan fingerprint density at radius 1 is 1.41 bits per heavy atom. The second kappa shape index (κ2) is 9.54. The molecule has 0 amide bonds. The van der Waals surface area contributed by atoms with Crippen molar-refractivity contribution in [2.45, 2.75) is 51.4 Å². The lowest BCUT2D eigenvalue weighted by Crippen LogP contribution is -2.49. The van der Waals surface area contributed by atoms with Gasteiger partial charge in [-0.2, -0.15) is 35.2 Å². The highest BCUT2D eigenvalue weighted by molar-refractivity contribution is 7.86. The number of halogens is 3. The minimum absolute atomic E-state index is 0.0389.